The summed E-state index contributed by atoms with van der Waals surface area (Å²) in [7, 11) is 1.55. The summed E-state index contributed by atoms with van der Waals surface area (Å²) >= 11 is 9.46. The third-order valence-electron chi connectivity index (χ3n) is 4.42. The van der Waals surface area contributed by atoms with E-state index in [1.165, 1.54) is 0 Å². The monoisotopic (exact) mass is 436 g/mol. The molecule has 0 spiro atoms. The van der Waals surface area contributed by atoms with E-state index in [1.54, 1.807) is 60.2 Å². The SMILES string of the molecule is COc1ccc(Cl)cc1N1CCN(C(=O)c2cccc(Br)c2)C(C)C1=O. The number of halogens is 2. The minimum Gasteiger partial charge on any atom is -0.495 e. The van der Waals surface area contributed by atoms with Gasteiger partial charge in [-0.15, -0.1) is 0 Å². The third-order valence-corrected chi connectivity index (χ3v) is 5.15. The quantitative estimate of drug-likeness (QED) is 0.729. The van der Waals surface area contributed by atoms with Crippen molar-refractivity contribution in [1.29, 1.82) is 0 Å². The standard InChI is InChI=1S/C19H18BrClN2O3/c1-12-18(24)23(16-11-15(21)6-7-17(16)26-2)9-8-22(12)19(25)13-4-3-5-14(20)10-13/h3-7,10-12H,8-9H2,1-2H3. The molecule has 0 aliphatic carbocycles. The highest BCUT2D eigenvalue weighted by atomic mass is 79.9. The molecule has 2 aromatic rings. The van der Waals surface area contributed by atoms with Gasteiger partial charge in [0.05, 0.1) is 12.8 Å². The molecule has 3 rings (SSSR count). The van der Waals surface area contributed by atoms with Gasteiger partial charge in [-0.2, -0.15) is 0 Å². The lowest BCUT2D eigenvalue weighted by atomic mass is 10.1. The fourth-order valence-corrected chi connectivity index (χ4v) is 3.61. The van der Waals surface area contributed by atoms with Crippen LogP contribution in [-0.2, 0) is 4.79 Å². The lowest BCUT2D eigenvalue weighted by molar-refractivity contribution is -0.124. The van der Waals surface area contributed by atoms with E-state index in [0.29, 0.717) is 35.1 Å². The van der Waals surface area contributed by atoms with Gasteiger partial charge >= 0.3 is 0 Å². The Morgan fingerprint density at radius 1 is 1.23 bits per heavy atom. The van der Waals surface area contributed by atoms with Crippen LogP contribution in [0.25, 0.3) is 0 Å². The van der Waals surface area contributed by atoms with Crippen molar-refractivity contribution in [3.8, 4) is 5.75 Å². The molecule has 0 radical (unpaired) electrons. The molecule has 26 heavy (non-hydrogen) atoms. The number of carbonyl (C=O) groups excluding carboxylic acids is 2. The van der Waals surface area contributed by atoms with Gasteiger partial charge in [0.2, 0.25) is 5.91 Å². The predicted octanol–water partition coefficient (Wildman–Crippen LogP) is 3.99. The summed E-state index contributed by atoms with van der Waals surface area (Å²) in [6.07, 6.45) is 0. The molecule has 1 saturated heterocycles. The molecule has 136 valence electrons. The van der Waals surface area contributed by atoms with Crippen molar-refractivity contribution in [3.63, 3.8) is 0 Å². The van der Waals surface area contributed by atoms with Gasteiger partial charge in [-0.05, 0) is 43.3 Å². The van der Waals surface area contributed by atoms with E-state index in [9.17, 15) is 9.59 Å². The van der Waals surface area contributed by atoms with Crippen molar-refractivity contribution in [3.05, 3.63) is 57.5 Å². The molecule has 2 aromatic carbocycles. The van der Waals surface area contributed by atoms with Crippen molar-refractivity contribution < 1.29 is 14.3 Å². The highest BCUT2D eigenvalue weighted by Gasteiger charge is 2.36. The number of hydrogen-bond donors (Lipinski definition) is 0. The molecule has 1 aliphatic heterocycles. The summed E-state index contributed by atoms with van der Waals surface area (Å²) in [6.45, 7) is 2.54. The molecule has 2 amide bonds. The second-order valence-electron chi connectivity index (χ2n) is 5.99. The first kappa shape index (κ1) is 18.7. The molecule has 1 heterocycles. The predicted molar refractivity (Wildman–Crippen MR) is 105 cm³/mol. The normalized spacial score (nSPS) is 17.4. The number of piperazine rings is 1. The minimum absolute atomic E-state index is 0.162. The summed E-state index contributed by atoms with van der Waals surface area (Å²) in [5, 5.41) is 0.522. The van der Waals surface area contributed by atoms with Crippen LogP contribution in [0, 0.1) is 0 Å². The summed E-state index contributed by atoms with van der Waals surface area (Å²) in [6, 6.07) is 11.7. The number of hydrogen-bond acceptors (Lipinski definition) is 3. The van der Waals surface area contributed by atoms with Gasteiger partial charge < -0.3 is 14.5 Å². The zero-order chi connectivity index (χ0) is 18.8. The van der Waals surface area contributed by atoms with Crippen LogP contribution in [0.4, 0.5) is 5.69 Å². The summed E-state index contributed by atoms with van der Waals surface area (Å²) in [4.78, 5) is 29.0. The summed E-state index contributed by atoms with van der Waals surface area (Å²) < 4.78 is 6.18. The van der Waals surface area contributed by atoms with Crippen molar-refractivity contribution in [2.24, 2.45) is 0 Å². The van der Waals surface area contributed by atoms with Crippen LogP contribution in [0.2, 0.25) is 5.02 Å². The van der Waals surface area contributed by atoms with Crippen molar-refractivity contribution >= 4 is 45.0 Å². The number of nitrogens with zero attached hydrogens (tertiary/aromatic N) is 2. The Kier molecular flexibility index (Phi) is 5.53. The molecular weight excluding hydrogens is 420 g/mol. The molecule has 0 saturated carbocycles. The Morgan fingerprint density at radius 3 is 2.69 bits per heavy atom. The molecule has 5 nitrogen and oxygen atoms in total. The Bertz CT molecular complexity index is 858. The number of benzene rings is 2. The van der Waals surface area contributed by atoms with Gasteiger partial charge in [-0.3, -0.25) is 9.59 Å². The number of rotatable bonds is 3. The highest BCUT2D eigenvalue weighted by molar-refractivity contribution is 9.10. The number of methoxy groups -OCH3 is 1. The fraction of sp³-hybridized carbons (Fsp3) is 0.263. The van der Waals surface area contributed by atoms with Crippen molar-refractivity contribution in [1.82, 2.24) is 4.90 Å². The van der Waals surface area contributed by atoms with Gasteiger partial charge in [-0.1, -0.05) is 33.6 Å². The first-order chi connectivity index (χ1) is 12.4. The average Bonchev–Trinajstić information content (AvgIpc) is 2.63. The Labute approximate surface area is 165 Å². The number of amides is 2. The van der Waals surface area contributed by atoms with Crippen molar-refractivity contribution in [2.75, 3.05) is 25.1 Å². The van der Waals surface area contributed by atoms with E-state index in [1.807, 2.05) is 6.07 Å². The molecule has 1 aliphatic rings. The van der Waals surface area contributed by atoms with E-state index in [0.717, 1.165) is 4.47 Å². The fourth-order valence-electron chi connectivity index (χ4n) is 3.05. The van der Waals surface area contributed by atoms with Gasteiger partial charge in [0, 0.05) is 28.1 Å². The first-order valence-electron chi connectivity index (χ1n) is 8.14. The average molecular weight is 438 g/mol. The lowest BCUT2D eigenvalue weighted by Crippen LogP contribution is -2.57. The van der Waals surface area contributed by atoms with Crippen molar-refractivity contribution in [2.45, 2.75) is 13.0 Å². The number of anilines is 1. The zero-order valence-electron chi connectivity index (χ0n) is 14.4. The maximum atomic E-state index is 12.9. The van der Waals surface area contributed by atoms with Gasteiger partial charge in [-0.25, -0.2) is 0 Å². The molecule has 7 heteroatoms. The third kappa shape index (κ3) is 3.57. The number of ether oxygens (including phenoxy) is 1. The lowest BCUT2D eigenvalue weighted by Gasteiger charge is -2.39. The maximum Gasteiger partial charge on any atom is 0.254 e. The van der Waals surface area contributed by atoms with E-state index < -0.39 is 6.04 Å². The molecule has 1 fully saturated rings. The van der Waals surface area contributed by atoms with Crippen LogP contribution in [0.1, 0.15) is 17.3 Å². The van der Waals surface area contributed by atoms with Gasteiger partial charge in [0.1, 0.15) is 11.8 Å². The topological polar surface area (TPSA) is 49.9 Å². The number of carbonyl (C=O) groups is 2. The summed E-state index contributed by atoms with van der Waals surface area (Å²) in [5.74, 6) is 0.242. The smallest absolute Gasteiger partial charge is 0.254 e. The Hall–Kier alpha value is -2.05. The van der Waals surface area contributed by atoms with Gasteiger partial charge in [0.15, 0.2) is 0 Å². The minimum atomic E-state index is -0.584. The van der Waals surface area contributed by atoms with E-state index in [2.05, 4.69) is 15.9 Å². The second kappa shape index (κ2) is 7.68. The largest absolute Gasteiger partial charge is 0.495 e. The molecule has 0 aromatic heterocycles. The first-order valence-corrected chi connectivity index (χ1v) is 9.31. The van der Waals surface area contributed by atoms with Crippen LogP contribution in [0.5, 0.6) is 5.75 Å². The Balaban J connectivity index is 1.85. The molecule has 0 N–H and O–H groups in total. The van der Waals surface area contributed by atoms with Crippen LogP contribution >= 0.6 is 27.5 Å². The van der Waals surface area contributed by atoms with E-state index >= 15 is 0 Å². The molecule has 0 bridgehead atoms. The van der Waals surface area contributed by atoms with Crippen LogP contribution in [-0.4, -0.2) is 43.0 Å². The second-order valence-corrected chi connectivity index (χ2v) is 7.34. The summed E-state index contributed by atoms with van der Waals surface area (Å²) in [5.41, 5.74) is 1.17. The van der Waals surface area contributed by atoms with E-state index in [4.69, 9.17) is 16.3 Å². The molecular formula is C19H18BrClN2O3. The highest BCUT2D eigenvalue weighted by Crippen LogP contribution is 2.33. The molecule has 1 atom stereocenters. The van der Waals surface area contributed by atoms with E-state index in [-0.39, 0.29) is 11.8 Å². The Morgan fingerprint density at radius 2 is 2.00 bits per heavy atom. The van der Waals surface area contributed by atoms with Gasteiger partial charge in [0.25, 0.3) is 5.91 Å². The zero-order valence-corrected chi connectivity index (χ0v) is 16.8. The molecule has 1 unspecified atom stereocenters. The van der Waals surface area contributed by atoms with Crippen LogP contribution < -0.4 is 9.64 Å². The maximum absolute atomic E-state index is 12.9. The van der Waals surface area contributed by atoms with Crippen LogP contribution in [0.15, 0.2) is 46.9 Å². The van der Waals surface area contributed by atoms with Crippen LogP contribution in [0.3, 0.4) is 0 Å².